The highest BCUT2D eigenvalue weighted by atomic mass is 16.5. The normalized spacial score (nSPS) is 11.0. The number of ether oxygens (including phenoxy) is 3. The molecule has 0 spiro atoms. The van der Waals surface area contributed by atoms with Gasteiger partial charge in [-0.3, -0.25) is 0 Å². The second-order valence-electron chi connectivity index (χ2n) is 4.93. The van der Waals surface area contributed by atoms with Gasteiger partial charge in [0.1, 0.15) is 6.61 Å². The lowest BCUT2D eigenvalue weighted by Crippen LogP contribution is -2.04. The summed E-state index contributed by atoms with van der Waals surface area (Å²) in [6.07, 6.45) is 1.45. The third-order valence-corrected chi connectivity index (χ3v) is 3.23. The van der Waals surface area contributed by atoms with E-state index in [0.717, 1.165) is 5.56 Å². The fraction of sp³-hybridized carbons (Fsp3) is 0.211. The van der Waals surface area contributed by atoms with Crippen molar-refractivity contribution in [2.24, 2.45) is 0 Å². The number of rotatable bonds is 8. The number of carbonyl (C=O) groups is 1. The molecule has 0 atom stereocenters. The maximum Gasteiger partial charge on any atom is 0.371 e. The van der Waals surface area contributed by atoms with Gasteiger partial charge < -0.3 is 19.3 Å². The van der Waals surface area contributed by atoms with Gasteiger partial charge >= 0.3 is 5.97 Å². The first-order valence-corrected chi connectivity index (χ1v) is 7.56. The lowest BCUT2D eigenvalue weighted by molar-refractivity contribution is -0.136. The second kappa shape index (κ2) is 8.62. The van der Waals surface area contributed by atoms with Crippen molar-refractivity contribution in [3.05, 3.63) is 65.4 Å². The number of methoxy groups -OCH3 is 1. The van der Waals surface area contributed by atoms with Crippen LogP contribution in [0.3, 0.4) is 0 Å². The maximum absolute atomic E-state index is 11.1. The van der Waals surface area contributed by atoms with Crippen molar-refractivity contribution < 1.29 is 24.1 Å². The van der Waals surface area contributed by atoms with Crippen molar-refractivity contribution in [1.29, 1.82) is 0 Å². The van der Waals surface area contributed by atoms with Crippen LogP contribution in [0.4, 0.5) is 0 Å². The Balaban J connectivity index is 2.17. The predicted molar refractivity (Wildman–Crippen MR) is 91.0 cm³/mol. The van der Waals surface area contributed by atoms with Gasteiger partial charge in [-0.05, 0) is 36.3 Å². The fourth-order valence-corrected chi connectivity index (χ4v) is 2.10. The van der Waals surface area contributed by atoms with Crippen molar-refractivity contribution >= 4 is 12.0 Å². The molecule has 0 aromatic heterocycles. The van der Waals surface area contributed by atoms with E-state index in [-0.39, 0.29) is 12.4 Å². The molecule has 5 nitrogen and oxygen atoms in total. The molecule has 24 heavy (non-hydrogen) atoms. The van der Waals surface area contributed by atoms with Crippen LogP contribution in [0.25, 0.3) is 6.08 Å². The van der Waals surface area contributed by atoms with E-state index in [4.69, 9.17) is 19.3 Å². The Morgan fingerprint density at radius 2 is 1.88 bits per heavy atom. The molecule has 0 bridgehead atoms. The van der Waals surface area contributed by atoms with E-state index in [1.807, 2.05) is 30.3 Å². The average Bonchev–Trinajstić information content (AvgIpc) is 2.60. The molecule has 0 fully saturated rings. The highest BCUT2D eigenvalue weighted by Gasteiger charge is 2.10. The summed E-state index contributed by atoms with van der Waals surface area (Å²) in [4.78, 5) is 11.1. The molecule has 1 N–H and O–H groups in total. The summed E-state index contributed by atoms with van der Waals surface area (Å²) in [6.45, 7) is 2.44. The van der Waals surface area contributed by atoms with Crippen LogP contribution in [0.15, 0.2) is 54.3 Å². The number of carboxylic acids is 1. The van der Waals surface area contributed by atoms with E-state index in [0.29, 0.717) is 23.7 Å². The zero-order valence-electron chi connectivity index (χ0n) is 13.7. The minimum atomic E-state index is -1.11. The van der Waals surface area contributed by atoms with E-state index < -0.39 is 5.97 Å². The van der Waals surface area contributed by atoms with Gasteiger partial charge in [-0.15, -0.1) is 0 Å². The van der Waals surface area contributed by atoms with Crippen molar-refractivity contribution in [3.63, 3.8) is 0 Å². The van der Waals surface area contributed by atoms with E-state index in [1.54, 1.807) is 32.2 Å². The Morgan fingerprint density at radius 1 is 1.12 bits per heavy atom. The minimum Gasteiger partial charge on any atom is -0.493 e. The van der Waals surface area contributed by atoms with Crippen LogP contribution in [-0.4, -0.2) is 24.8 Å². The maximum atomic E-state index is 11.1. The Kier molecular flexibility index (Phi) is 6.25. The van der Waals surface area contributed by atoms with Crippen LogP contribution < -0.4 is 9.47 Å². The van der Waals surface area contributed by atoms with Gasteiger partial charge in [0, 0.05) is 0 Å². The first-order valence-electron chi connectivity index (χ1n) is 7.56. The lowest BCUT2D eigenvalue weighted by Gasteiger charge is -2.12. The monoisotopic (exact) mass is 328 g/mol. The summed E-state index contributed by atoms with van der Waals surface area (Å²) >= 11 is 0. The zero-order valence-corrected chi connectivity index (χ0v) is 13.7. The molecule has 0 aliphatic carbocycles. The van der Waals surface area contributed by atoms with Gasteiger partial charge in [-0.2, -0.15) is 0 Å². The van der Waals surface area contributed by atoms with Gasteiger partial charge in [0.05, 0.1) is 13.7 Å². The molecule has 5 heteroatoms. The Bertz CT molecular complexity index is 707. The minimum absolute atomic E-state index is 0.113. The molecule has 0 heterocycles. The number of hydrogen-bond acceptors (Lipinski definition) is 4. The Labute approximate surface area is 141 Å². The quantitative estimate of drug-likeness (QED) is 0.591. The van der Waals surface area contributed by atoms with Crippen LogP contribution in [0.5, 0.6) is 11.5 Å². The van der Waals surface area contributed by atoms with Crippen LogP contribution in [0, 0.1) is 0 Å². The smallest absolute Gasteiger partial charge is 0.371 e. The Hall–Kier alpha value is -2.95. The predicted octanol–water partition coefficient (Wildman–Crippen LogP) is 3.74. The van der Waals surface area contributed by atoms with E-state index in [2.05, 4.69) is 0 Å². The molecular formula is C19H20O5. The van der Waals surface area contributed by atoms with Gasteiger partial charge in [-0.1, -0.05) is 36.4 Å². The van der Waals surface area contributed by atoms with Gasteiger partial charge in [0.2, 0.25) is 5.76 Å². The van der Waals surface area contributed by atoms with Crippen molar-refractivity contribution in [2.75, 3.05) is 13.7 Å². The summed E-state index contributed by atoms with van der Waals surface area (Å²) in [7, 11) is 1.54. The number of benzene rings is 2. The molecule has 2 rings (SSSR count). The molecule has 2 aromatic carbocycles. The molecule has 0 saturated carbocycles. The van der Waals surface area contributed by atoms with E-state index in [1.165, 1.54) is 6.08 Å². The largest absolute Gasteiger partial charge is 0.493 e. The summed E-state index contributed by atoms with van der Waals surface area (Å²) < 4.78 is 16.2. The Morgan fingerprint density at radius 3 is 2.50 bits per heavy atom. The molecule has 0 amide bonds. The molecule has 0 aliphatic heterocycles. The standard InChI is InChI=1S/C19H20O5/c1-3-23-18(19(20)21)12-15-9-10-16(17(11-15)22-2)24-13-14-7-5-4-6-8-14/h4-12H,3,13H2,1-2H3,(H,20,21). The lowest BCUT2D eigenvalue weighted by atomic mass is 10.1. The molecule has 2 aromatic rings. The number of carboxylic acid groups (broad SMARTS) is 1. The molecule has 0 radical (unpaired) electrons. The highest BCUT2D eigenvalue weighted by Crippen LogP contribution is 2.29. The zero-order chi connectivity index (χ0) is 17.4. The highest BCUT2D eigenvalue weighted by molar-refractivity contribution is 5.90. The molecule has 0 aliphatic rings. The van der Waals surface area contributed by atoms with Crippen molar-refractivity contribution in [3.8, 4) is 11.5 Å². The fourth-order valence-electron chi connectivity index (χ4n) is 2.10. The van der Waals surface area contributed by atoms with Crippen molar-refractivity contribution in [1.82, 2.24) is 0 Å². The summed E-state index contributed by atoms with van der Waals surface area (Å²) in [5.41, 5.74) is 1.71. The average molecular weight is 328 g/mol. The van der Waals surface area contributed by atoms with Crippen LogP contribution >= 0.6 is 0 Å². The van der Waals surface area contributed by atoms with E-state index >= 15 is 0 Å². The van der Waals surface area contributed by atoms with Crippen LogP contribution in [0.1, 0.15) is 18.1 Å². The first-order chi connectivity index (χ1) is 11.6. The van der Waals surface area contributed by atoms with Crippen LogP contribution in [0.2, 0.25) is 0 Å². The molecule has 0 saturated heterocycles. The summed E-state index contributed by atoms with van der Waals surface area (Å²) in [5, 5.41) is 9.11. The molecule has 0 unspecified atom stereocenters. The van der Waals surface area contributed by atoms with Gasteiger partial charge in [0.15, 0.2) is 11.5 Å². The molecular weight excluding hydrogens is 308 g/mol. The topological polar surface area (TPSA) is 65.0 Å². The third-order valence-electron chi connectivity index (χ3n) is 3.23. The SMILES string of the molecule is CCOC(=Cc1ccc(OCc2ccccc2)c(OC)c1)C(=O)O. The second-order valence-corrected chi connectivity index (χ2v) is 4.93. The molecule has 126 valence electrons. The number of aliphatic carboxylic acids is 1. The number of hydrogen-bond donors (Lipinski definition) is 1. The van der Waals surface area contributed by atoms with Gasteiger partial charge in [-0.25, -0.2) is 4.79 Å². The van der Waals surface area contributed by atoms with E-state index in [9.17, 15) is 4.79 Å². The summed E-state index contributed by atoms with van der Waals surface area (Å²) in [5.74, 6) is -0.106. The van der Waals surface area contributed by atoms with Crippen molar-refractivity contribution in [2.45, 2.75) is 13.5 Å². The first kappa shape index (κ1) is 17.4. The van der Waals surface area contributed by atoms with Gasteiger partial charge in [0.25, 0.3) is 0 Å². The van der Waals surface area contributed by atoms with Crippen LogP contribution in [-0.2, 0) is 16.1 Å². The summed E-state index contributed by atoms with van der Waals surface area (Å²) in [6, 6.07) is 15.0. The third kappa shape index (κ3) is 4.78.